The SMILES string of the molecule is CN(C/C=C/C(=O)O)CCc1ccc2c(c1)OCO2. The van der Waals surface area contributed by atoms with Crippen LogP contribution in [-0.4, -0.2) is 42.9 Å². The zero-order chi connectivity index (χ0) is 13.7. The molecular formula is C14H17NO4. The zero-order valence-corrected chi connectivity index (χ0v) is 10.8. The maximum Gasteiger partial charge on any atom is 0.328 e. The van der Waals surface area contributed by atoms with E-state index in [4.69, 9.17) is 14.6 Å². The molecule has 0 spiro atoms. The molecule has 0 saturated heterocycles. The minimum Gasteiger partial charge on any atom is -0.478 e. The van der Waals surface area contributed by atoms with Gasteiger partial charge in [0.15, 0.2) is 11.5 Å². The van der Waals surface area contributed by atoms with Crippen molar-refractivity contribution in [2.45, 2.75) is 6.42 Å². The molecule has 0 bridgehead atoms. The van der Waals surface area contributed by atoms with Crippen molar-refractivity contribution in [2.24, 2.45) is 0 Å². The Morgan fingerprint density at radius 1 is 1.42 bits per heavy atom. The molecule has 102 valence electrons. The van der Waals surface area contributed by atoms with Crippen molar-refractivity contribution in [3.8, 4) is 11.5 Å². The normalized spacial score (nSPS) is 13.4. The van der Waals surface area contributed by atoms with Gasteiger partial charge in [0.1, 0.15) is 0 Å². The third-order valence-electron chi connectivity index (χ3n) is 2.90. The second kappa shape index (κ2) is 6.24. The molecule has 1 aliphatic rings. The fourth-order valence-electron chi connectivity index (χ4n) is 1.84. The van der Waals surface area contributed by atoms with E-state index in [0.717, 1.165) is 30.5 Å². The fourth-order valence-corrected chi connectivity index (χ4v) is 1.84. The molecule has 1 N–H and O–H groups in total. The van der Waals surface area contributed by atoms with Crippen LogP contribution >= 0.6 is 0 Å². The lowest BCUT2D eigenvalue weighted by Crippen LogP contribution is -2.21. The lowest BCUT2D eigenvalue weighted by molar-refractivity contribution is -0.131. The van der Waals surface area contributed by atoms with E-state index in [2.05, 4.69) is 4.90 Å². The Morgan fingerprint density at radius 2 is 2.21 bits per heavy atom. The molecule has 1 aliphatic heterocycles. The van der Waals surface area contributed by atoms with E-state index in [1.54, 1.807) is 6.08 Å². The van der Waals surface area contributed by atoms with Crippen molar-refractivity contribution in [3.05, 3.63) is 35.9 Å². The van der Waals surface area contributed by atoms with Gasteiger partial charge in [0.2, 0.25) is 6.79 Å². The van der Waals surface area contributed by atoms with Crippen molar-refractivity contribution >= 4 is 5.97 Å². The number of hydrogen-bond donors (Lipinski definition) is 1. The summed E-state index contributed by atoms with van der Waals surface area (Å²) in [6, 6.07) is 5.93. The smallest absolute Gasteiger partial charge is 0.328 e. The third kappa shape index (κ3) is 3.99. The zero-order valence-electron chi connectivity index (χ0n) is 10.8. The summed E-state index contributed by atoms with van der Waals surface area (Å²) < 4.78 is 10.6. The van der Waals surface area contributed by atoms with E-state index < -0.39 is 5.97 Å². The molecule has 19 heavy (non-hydrogen) atoms. The summed E-state index contributed by atoms with van der Waals surface area (Å²) in [5.41, 5.74) is 1.18. The molecule has 0 radical (unpaired) electrons. The Morgan fingerprint density at radius 3 is 3.00 bits per heavy atom. The van der Waals surface area contributed by atoms with Gasteiger partial charge in [-0.2, -0.15) is 0 Å². The Balaban J connectivity index is 1.80. The standard InChI is InChI=1S/C14H17NO4/c1-15(7-2-3-14(16)17)8-6-11-4-5-12-13(9-11)19-10-18-12/h2-5,9H,6-8,10H2,1H3,(H,16,17)/b3-2+. The first-order chi connectivity index (χ1) is 9.15. The number of aliphatic carboxylic acids is 1. The summed E-state index contributed by atoms with van der Waals surface area (Å²) >= 11 is 0. The molecule has 1 aromatic rings. The lowest BCUT2D eigenvalue weighted by atomic mass is 10.1. The van der Waals surface area contributed by atoms with Crippen molar-refractivity contribution < 1.29 is 19.4 Å². The predicted molar refractivity (Wildman–Crippen MR) is 70.5 cm³/mol. The molecule has 5 heteroatoms. The summed E-state index contributed by atoms with van der Waals surface area (Å²) in [6.45, 7) is 1.76. The largest absolute Gasteiger partial charge is 0.478 e. The van der Waals surface area contributed by atoms with E-state index in [9.17, 15) is 4.79 Å². The maximum absolute atomic E-state index is 10.3. The molecule has 2 rings (SSSR count). The molecule has 0 saturated carbocycles. The molecule has 0 amide bonds. The summed E-state index contributed by atoms with van der Waals surface area (Å²) in [7, 11) is 1.96. The van der Waals surface area contributed by atoms with Crippen LogP contribution in [0, 0.1) is 0 Å². The van der Waals surface area contributed by atoms with Crippen LogP contribution in [0.4, 0.5) is 0 Å². The third-order valence-corrected chi connectivity index (χ3v) is 2.90. The number of hydrogen-bond acceptors (Lipinski definition) is 4. The highest BCUT2D eigenvalue weighted by molar-refractivity contribution is 5.79. The number of likely N-dealkylation sites (N-methyl/N-ethyl adjacent to an activating group) is 1. The van der Waals surface area contributed by atoms with E-state index in [0.29, 0.717) is 13.3 Å². The van der Waals surface area contributed by atoms with Gasteiger partial charge in [-0.05, 0) is 31.2 Å². The number of rotatable bonds is 6. The van der Waals surface area contributed by atoms with Gasteiger partial charge in [-0.1, -0.05) is 12.1 Å². The minimum atomic E-state index is -0.913. The summed E-state index contributed by atoms with van der Waals surface area (Å²) in [5, 5.41) is 8.49. The molecule has 0 aromatic heterocycles. The van der Waals surface area contributed by atoms with Crippen LogP contribution in [0.5, 0.6) is 11.5 Å². The monoisotopic (exact) mass is 263 g/mol. The lowest BCUT2D eigenvalue weighted by Gasteiger charge is -2.14. The highest BCUT2D eigenvalue weighted by Crippen LogP contribution is 2.32. The summed E-state index contributed by atoms with van der Waals surface area (Å²) in [6.07, 6.45) is 3.69. The average Bonchev–Trinajstić information content (AvgIpc) is 2.83. The number of fused-ring (bicyclic) bond motifs is 1. The second-order valence-corrected chi connectivity index (χ2v) is 4.44. The number of carbonyl (C=O) groups is 1. The highest BCUT2D eigenvalue weighted by Gasteiger charge is 2.13. The first kappa shape index (κ1) is 13.4. The van der Waals surface area contributed by atoms with E-state index in [1.807, 2.05) is 25.2 Å². The van der Waals surface area contributed by atoms with E-state index in [-0.39, 0.29) is 0 Å². The molecule has 0 atom stereocenters. The Hall–Kier alpha value is -2.01. The number of ether oxygens (including phenoxy) is 2. The molecular weight excluding hydrogens is 246 g/mol. The van der Waals surface area contributed by atoms with Crippen molar-refractivity contribution in [1.29, 1.82) is 0 Å². The summed E-state index contributed by atoms with van der Waals surface area (Å²) in [4.78, 5) is 12.4. The Bertz CT molecular complexity index is 484. The van der Waals surface area contributed by atoms with Crippen LogP contribution in [0.3, 0.4) is 0 Å². The van der Waals surface area contributed by atoms with Gasteiger partial charge in [0.25, 0.3) is 0 Å². The van der Waals surface area contributed by atoms with Gasteiger partial charge < -0.3 is 19.5 Å². The molecule has 1 heterocycles. The van der Waals surface area contributed by atoms with Crippen LogP contribution in [0.25, 0.3) is 0 Å². The highest BCUT2D eigenvalue weighted by atomic mass is 16.7. The van der Waals surface area contributed by atoms with Gasteiger partial charge in [0.05, 0.1) is 0 Å². The number of benzene rings is 1. The van der Waals surface area contributed by atoms with Crippen LogP contribution in [0.1, 0.15) is 5.56 Å². The number of carboxylic acid groups (broad SMARTS) is 1. The van der Waals surface area contributed by atoms with Crippen molar-refractivity contribution in [2.75, 3.05) is 26.9 Å². The minimum absolute atomic E-state index is 0.290. The first-order valence-electron chi connectivity index (χ1n) is 6.11. The van der Waals surface area contributed by atoms with Crippen molar-refractivity contribution in [3.63, 3.8) is 0 Å². The average molecular weight is 263 g/mol. The van der Waals surface area contributed by atoms with Gasteiger partial charge in [-0.25, -0.2) is 4.79 Å². The number of carboxylic acids is 1. The van der Waals surface area contributed by atoms with Crippen molar-refractivity contribution in [1.82, 2.24) is 4.90 Å². The van der Waals surface area contributed by atoms with Gasteiger partial charge >= 0.3 is 5.97 Å². The van der Waals surface area contributed by atoms with Gasteiger partial charge in [-0.15, -0.1) is 0 Å². The topological polar surface area (TPSA) is 59.0 Å². The molecule has 1 aromatic carbocycles. The van der Waals surface area contributed by atoms with Crippen LogP contribution in [0.15, 0.2) is 30.4 Å². The quantitative estimate of drug-likeness (QED) is 0.789. The maximum atomic E-state index is 10.3. The van der Waals surface area contributed by atoms with Crippen LogP contribution in [-0.2, 0) is 11.2 Å². The van der Waals surface area contributed by atoms with E-state index >= 15 is 0 Å². The van der Waals surface area contributed by atoms with Gasteiger partial charge in [-0.3, -0.25) is 0 Å². The predicted octanol–water partition coefficient (Wildman–Crippen LogP) is 1.53. The van der Waals surface area contributed by atoms with E-state index in [1.165, 1.54) is 5.56 Å². The fraction of sp³-hybridized carbons (Fsp3) is 0.357. The van der Waals surface area contributed by atoms with Crippen LogP contribution < -0.4 is 9.47 Å². The molecule has 0 unspecified atom stereocenters. The Labute approximate surface area is 112 Å². The summed E-state index contributed by atoms with van der Waals surface area (Å²) in [5.74, 6) is 0.677. The Kier molecular flexibility index (Phi) is 4.41. The molecule has 0 fully saturated rings. The molecule has 5 nitrogen and oxygen atoms in total. The second-order valence-electron chi connectivity index (χ2n) is 4.44. The van der Waals surface area contributed by atoms with Gasteiger partial charge in [0, 0.05) is 19.2 Å². The molecule has 0 aliphatic carbocycles. The van der Waals surface area contributed by atoms with Crippen LogP contribution in [0.2, 0.25) is 0 Å². The number of nitrogens with zero attached hydrogens (tertiary/aromatic N) is 1. The first-order valence-corrected chi connectivity index (χ1v) is 6.11.